The minimum atomic E-state index is -0.459. The maximum Gasteiger partial charge on any atom is 0.0713 e. The first kappa shape index (κ1) is 42.8. The van der Waals surface area contributed by atoms with Crippen molar-refractivity contribution >= 4 is 27.8 Å². The Balaban J connectivity index is 0.887. The van der Waals surface area contributed by atoms with Gasteiger partial charge in [-0.1, -0.05) is 255 Å². The van der Waals surface area contributed by atoms with Crippen LogP contribution in [0.1, 0.15) is 22.3 Å². The number of rotatable bonds is 10. The van der Waals surface area contributed by atoms with Crippen molar-refractivity contribution in [2.24, 2.45) is 0 Å². The fourth-order valence-electron chi connectivity index (χ4n) is 11.3. The minimum absolute atomic E-state index is 0.459. The molecule has 338 valence electrons. The number of benzene rings is 12. The number of nitrogens with zero attached hydrogens (tertiary/aromatic N) is 1. The van der Waals surface area contributed by atoms with Crippen molar-refractivity contribution in [3.8, 4) is 66.8 Å². The van der Waals surface area contributed by atoms with E-state index in [1.54, 1.807) is 0 Å². The highest BCUT2D eigenvalue weighted by molar-refractivity contribution is 5.96. The van der Waals surface area contributed by atoms with Crippen LogP contribution in [0, 0.1) is 0 Å². The lowest BCUT2D eigenvalue weighted by Gasteiger charge is -2.34. The number of fused-ring (bicyclic) bond motifs is 4. The van der Waals surface area contributed by atoms with Crippen LogP contribution in [0.5, 0.6) is 0 Å². The fraction of sp³-hybridized carbons (Fsp3) is 0.0141. The molecule has 0 heterocycles. The van der Waals surface area contributed by atoms with Gasteiger partial charge in [-0.05, 0) is 142 Å². The summed E-state index contributed by atoms with van der Waals surface area (Å²) in [5.74, 6) is 0. The van der Waals surface area contributed by atoms with Crippen LogP contribution in [0.2, 0.25) is 0 Å². The molecule has 0 N–H and O–H groups in total. The lowest BCUT2D eigenvalue weighted by atomic mass is 9.67. The second-order valence-electron chi connectivity index (χ2n) is 18.8. The Kier molecular flexibility index (Phi) is 10.8. The van der Waals surface area contributed by atoms with Crippen molar-refractivity contribution in [3.63, 3.8) is 0 Å². The summed E-state index contributed by atoms with van der Waals surface area (Å²) in [6, 6.07) is 109. The minimum Gasteiger partial charge on any atom is -0.310 e. The third kappa shape index (κ3) is 7.51. The molecule has 1 aliphatic carbocycles. The zero-order valence-electron chi connectivity index (χ0n) is 39.7. The van der Waals surface area contributed by atoms with E-state index in [0.29, 0.717) is 0 Å². The van der Waals surface area contributed by atoms with Gasteiger partial charge in [0.25, 0.3) is 0 Å². The van der Waals surface area contributed by atoms with Crippen LogP contribution in [-0.2, 0) is 5.41 Å². The van der Waals surface area contributed by atoms with Gasteiger partial charge < -0.3 is 4.90 Å². The van der Waals surface area contributed by atoms with Crippen molar-refractivity contribution in [2.45, 2.75) is 5.41 Å². The van der Waals surface area contributed by atoms with Crippen LogP contribution in [0.25, 0.3) is 77.5 Å². The molecule has 0 saturated heterocycles. The van der Waals surface area contributed by atoms with E-state index in [9.17, 15) is 0 Å². The smallest absolute Gasteiger partial charge is 0.0713 e. The van der Waals surface area contributed by atoms with E-state index in [0.717, 1.165) is 22.6 Å². The molecule has 0 atom stereocenters. The van der Waals surface area contributed by atoms with Crippen LogP contribution < -0.4 is 4.90 Å². The van der Waals surface area contributed by atoms with Crippen molar-refractivity contribution in [1.82, 2.24) is 0 Å². The summed E-state index contributed by atoms with van der Waals surface area (Å²) in [5, 5.41) is 2.51. The number of anilines is 3. The molecule has 0 bridgehead atoms. The lowest BCUT2D eigenvalue weighted by Crippen LogP contribution is -2.28. The lowest BCUT2D eigenvalue weighted by molar-refractivity contribution is 0.768. The van der Waals surface area contributed by atoms with Crippen LogP contribution in [-0.4, -0.2) is 0 Å². The summed E-state index contributed by atoms with van der Waals surface area (Å²) in [6.45, 7) is 0. The fourth-order valence-corrected chi connectivity index (χ4v) is 11.3. The van der Waals surface area contributed by atoms with Gasteiger partial charge in [-0.25, -0.2) is 0 Å². The van der Waals surface area contributed by atoms with E-state index >= 15 is 0 Å². The Labute approximate surface area is 422 Å². The molecule has 0 unspecified atom stereocenters. The average Bonchev–Trinajstić information content (AvgIpc) is 3.78. The highest BCUT2D eigenvalue weighted by atomic mass is 15.1. The standard InChI is InChI=1S/C71H49N/c1-4-16-50(17-5-1)52-30-34-55(35-31-52)59-20-14-25-65(49-59)72(63-44-40-54(41-45-63)53-32-36-56(37-33-53)60-39-38-51-18-10-11-19-58(51)48-60)64-46-42-57(43-47-64)66-27-15-29-69-70(66)67-26-12-13-28-68(67)71(69,61-21-6-2-7-22-61)62-23-8-3-9-24-62/h1-49H. The Morgan fingerprint density at radius 1 is 0.222 bits per heavy atom. The molecule has 0 amide bonds. The van der Waals surface area contributed by atoms with E-state index < -0.39 is 5.41 Å². The Hall–Kier alpha value is -9.30. The Bertz CT molecular complexity index is 3820. The van der Waals surface area contributed by atoms with Crippen LogP contribution in [0.3, 0.4) is 0 Å². The topological polar surface area (TPSA) is 3.24 Å². The molecule has 0 aliphatic heterocycles. The Morgan fingerprint density at radius 2 is 0.625 bits per heavy atom. The number of hydrogen-bond donors (Lipinski definition) is 0. The van der Waals surface area contributed by atoms with Crippen LogP contribution in [0.15, 0.2) is 297 Å². The van der Waals surface area contributed by atoms with Gasteiger partial charge in [-0.15, -0.1) is 0 Å². The molecule has 0 saturated carbocycles. The second kappa shape index (κ2) is 18.2. The number of hydrogen-bond acceptors (Lipinski definition) is 1. The molecule has 13 rings (SSSR count). The first-order chi connectivity index (χ1) is 35.7. The van der Waals surface area contributed by atoms with Crippen molar-refractivity contribution in [1.29, 1.82) is 0 Å². The van der Waals surface area contributed by atoms with Gasteiger partial charge in [0.15, 0.2) is 0 Å². The highest BCUT2D eigenvalue weighted by Gasteiger charge is 2.46. The predicted octanol–water partition coefficient (Wildman–Crippen LogP) is 19.0. The molecule has 1 aliphatic rings. The molecule has 0 radical (unpaired) electrons. The maximum absolute atomic E-state index is 2.39. The molecular weight excluding hydrogens is 867 g/mol. The van der Waals surface area contributed by atoms with Gasteiger partial charge in [-0.2, -0.15) is 0 Å². The average molecular weight is 916 g/mol. The molecule has 0 aromatic heterocycles. The summed E-state index contributed by atoms with van der Waals surface area (Å²) in [6.07, 6.45) is 0. The van der Waals surface area contributed by atoms with Crippen molar-refractivity contribution in [2.75, 3.05) is 4.90 Å². The zero-order valence-corrected chi connectivity index (χ0v) is 39.7. The van der Waals surface area contributed by atoms with E-state index in [1.165, 1.54) is 94.2 Å². The molecule has 12 aromatic carbocycles. The van der Waals surface area contributed by atoms with Gasteiger partial charge in [0, 0.05) is 17.1 Å². The molecule has 0 spiro atoms. The summed E-state index contributed by atoms with van der Waals surface area (Å²) in [4.78, 5) is 2.39. The van der Waals surface area contributed by atoms with E-state index in [-0.39, 0.29) is 0 Å². The van der Waals surface area contributed by atoms with Crippen molar-refractivity contribution in [3.05, 3.63) is 320 Å². The summed E-state index contributed by atoms with van der Waals surface area (Å²) >= 11 is 0. The predicted molar refractivity (Wildman–Crippen MR) is 303 cm³/mol. The Morgan fingerprint density at radius 3 is 1.24 bits per heavy atom. The van der Waals surface area contributed by atoms with E-state index in [1.807, 2.05) is 0 Å². The largest absolute Gasteiger partial charge is 0.310 e. The van der Waals surface area contributed by atoms with E-state index in [2.05, 4.69) is 302 Å². The van der Waals surface area contributed by atoms with Gasteiger partial charge >= 0.3 is 0 Å². The van der Waals surface area contributed by atoms with Gasteiger partial charge in [0.2, 0.25) is 0 Å². The third-order valence-corrected chi connectivity index (χ3v) is 14.8. The van der Waals surface area contributed by atoms with E-state index in [4.69, 9.17) is 0 Å². The van der Waals surface area contributed by atoms with Gasteiger partial charge in [0.05, 0.1) is 5.41 Å². The summed E-state index contributed by atoms with van der Waals surface area (Å²) in [5.41, 5.74) is 22.5. The second-order valence-corrected chi connectivity index (χ2v) is 18.8. The summed E-state index contributed by atoms with van der Waals surface area (Å²) in [7, 11) is 0. The molecule has 0 fully saturated rings. The maximum atomic E-state index is 2.39. The first-order valence-electron chi connectivity index (χ1n) is 24.9. The monoisotopic (exact) mass is 915 g/mol. The van der Waals surface area contributed by atoms with Crippen LogP contribution in [0.4, 0.5) is 17.1 Å². The summed E-state index contributed by atoms with van der Waals surface area (Å²) < 4.78 is 0. The first-order valence-corrected chi connectivity index (χ1v) is 24.9. The molecule has 1 heteroatoms. The molecule has 1 nitrogen and oxygen atoms in total. The molecule has 72 heavy (non-hydrogen) atoms. The molecule has 12 aromatic rings. The zero-order chi connectivity index (χ0) is 47.8. The quantitative estimate of drug-likeness (QED) is 0.132. The van der Waals surface area contributed by atoms with Crippen molar-refractivity contribution < 1.29 is 0 Å². The highest BCUT2D eigenvalue weighted by Crippen LogP contribution is 2.58. The normalized spacial score (nSPS) is 12.3. The van der Waals surface area contributed by atoms with Crippen LogP contribution >= 0.6 is 0 Å². The molecular formula is C71H49N. The third-order valence-electron chi connectivity index (χ3n) is 14.8. The van der Waals surface area contributed by atoms with Gasteiger partial charge in [-0.3, -0.25) is 0 Å². The SMILES string of the molecule is c1ccc(-c2ccc(-c3cccc(N(c4ccc(-c5ccc(-c6ccc7ccccc7c6)cc5)cc4)c4ccc(-c5cccc6c5-c5ccccc5C6(c5ccccc5)c5ccccc5)cc4)c3)cc2)cc1. The van der Waals surface area contributed by atoms with Gasteiger partial charge in [0.1, 0.15) is 0 Å².